The Morgan fingerprint density at radius 2 is 1.84 bits per heavy atom. The highest BCUT2D eigenvalue weighted by molar-refractivity contribution is 5.98. The number of nitrogens with zero attached hydrogens (tertiary/aromatic N) is 2. The zero-order valence-electron chi connectivity index (χ0n) is 21.4. The number of likely N-dealkylation sites (tertiary alicyclic amines) is 1. The van der Waals surface area contributed by atoms with Gasteiger partial charge in [-0.3, -0.25) is 19.3 Å². The Morgan fingerprint density at radius 1 is 1.08 bits per heavy atom. The van der Waals surface area contributed by atoms with Crippen molar-refractivity contribution in [1.82, 2.24) is 15.1 Å². The van der Waals surface area contributed by atoms with E-state index in [0.29, 0.717) is 50.4 Å². The lowest BCUT2D eigenvalue weighted by Crippen LogP contribution is -2.60. The van der Waals surface area contributed by atoms with Gasteiger partial charge in [0.25, 0.3) is 11.8 Å². The minimum Gasteiger partial charge on any atom is -0.497 e. The summed E-state index contributed by atoms with van der Waals surface area (Å²) in [5.74, 6) is -0.727. The SMILES string of the molecule is COc1cccc(C(=O)N2CCC3(CC2)OCC(C(=O)NCC2CCCO2)N3C(=O)c2ccc(F)cc2)c1. The Kier molecular flexibility index (Phi) is 7.62. The summed E-state index contributed by atoms with van der Waals surface area (Å²) in [6.45, 7) is 1.76. The Bertz CT molecular complexity index is 1180. The second kappa shape index (κ2) is 11.1. The average molecular weight is 526 g/mol. The van der Waals surface area contributed by atoms with Crippen LogP contribution in [0, 0.1) is 5.82 Å². The van der Waals surface area contributed by atoms with Crippen LogP contribution in [-0.2, 0) is 14.3 Å². The Morgan fingerprint density at radius 3 is 2.53 bits per heavy atom. The van der Waals surface area contributed by atoms with Gasteiger partial charge in [-0.2, -0.15) is 0 Å². The van der Waals surface area contributed by atoms with Crippen molar-refractivity contribution in [3.05, 3.63) is 65.5 Å². The van der Waals surface area contributed by atoms with Gasteiger partial charge >= 0.3 is 0 Å². The van der Waals surface area contributed by atoms with Crippen molar-refractivity contribution in [1.29, 1.82) is 0 Å². The highest BCUT2D eigenvalue weighted by atomic mass is 19.1. The van der Waals surface area contributed by atoms with Gasteiger partial charge in [0.05, 0.1) is 19.8 Å². The third-order valence-electron chi connectivity index (χ3n) is 7.55. The number of amides is 3. The minimum atomic E-state index is -1.05. The molecule has 2 atom stereocenters. The first-order valence-corrected chi connectivity index (χ1v) is 13.0. The molecule has 0 aromatic heterocycles. The summed E-state index contributed by atoms with van der Waals surface area (Å²) in [5, 5.41) is 2.92. The molecule has 2 unspecified atom stereocenters. The number of methoxy groups -OCH3 is 1. The van der Waals surface area contributed by atoms with E-state index >= 15 is 0 Å². The van der Waals surface area contributed by atoms with E-state index < -0.39 is 23.5 Å². The Labute approximate surface area is 220 Å². The molecule has 10 heteroatoms. The molecule has 3 aliphatic heterocycles. The van der Waals surface area contributed by atoms with Gasteiger partial charge in [0, 0.05) is 50.2 Å². The molecule has 2 aromatic carbocycles. The monoisotopic (exact) mass is 525 g/mol. The number of hydrogen-bond acceptors (Lipinski definition) is 6. The number of hydrogen-bond donors (Lipinski definition) is 1. The molecule has 3 amide bonds. The summed E-state index contributed by atoms with van der Waals surface area (Å²) in [4.78, 5) is 43.4. The summed E-state index contributed by atoms with van der Waals surface area (Å²) in [6, 6.07) is 11.4. The largest absolute Gasteiger partial charge is 0.497 e. The maximum atomic E-state index is 13.7. The number of piperidine rings is 1. The smallest absolute Gasteiger partial charge is 0.256 e. The van der Waals surface area contributed by atoms with Gasteiger partial charge in [-0.1, -0.05) is 6.07 Å². The number of ether oxygens (including phenoxy) is 3. The normalized spacial score (nSPS) is 22.5. The van der Waals surface area contributed by atoms with E-state index in [1.54, 1.807) is 36.3 Å². The van der Waals surface area contributed by atoms with Crippen molar-refractivity contribution in [2.75, 3.05) is 40.0 Å². The molecular weight excluding hydrogens is 493 g/mol. The fraction of sp³-hybridized carbons (Fsp3) is 0.464. The zero-order valence-corrected chi connectivity index (χ0v) is 21.4. The Balaban J connectivity index is 1.34. The van der Waals surface area contributed by atoms with Crippen LogP contribution in [0.3, 0.4) is 0 Å². The van der Waals surface area contributed by atoms with Crippen LogP contribution in [0.15, 0.2) is 48.5 Å². The molecule has 3 fully saturated rings. The maximum absolute atomic E-state index is 13.7. The number of benzene rings is 2. The van der Waals surface area contributed by atoms with E-state index in [4.69, 9.17) is 14.2 Å². The van der Waals surface area contributed by atoms with Crippen molar-refractivity contribution < 1.29 is 33.0 Å². The van der Waals surface area contributed by atoms with Crippen molar-refractivity contribution in [2.24, 2.45) is 0 Å². The standard InChI is InChI=1S/C28H32FN3O6/c1-36-22-5-2-4-20(16-22)26(34)31-13-11-28(12-14-31)32(27(35)19-7-9-21(29)10-8-19)24(18-38-28)25(33)30-17-23-6-3-15-37-23/h2,4-5,7-10,16,23-24H,3,6,11-15,17-18H2,1H3,(H,30,33). The third kappa shape index (κ3) is 5.23. The number of nitrogens with one attached hydrogen (secondary N) is 1. The van der Waals surface area contributed by atoms with Gasteiger partial charge in [0.2, 0.25) is 5.91 Å². The van der Waals surface area contributed by atoms with Crippen LogP contribution < -0.4 is 10.1 Å². The fourth-order valence-corrected chi connectivity index (χ4v) is 5.43. The van der Waals surface area contributed by atoms with E-state index in [-0.39, 0.29) is 30.1 Å². The predicted molar refractivity (Wildman–Crippen MR) is 135 cm³/mol. The summed E-state index contributed by atoms with van der Waals surface area (Å²) in [5.41, 5.74) is -0.274. The van der Waals surface area contributed by atoms with E-state index in [0.717, 1.165) is 12.8 Å². The average Bonchev–Trinajstić information content (AvgIpc) is 3.60. The van der Waals surface area contributed by atoms with E-state index in [1.807, 2.05) is 0 Å². The van der Waals surface area contributed by atoms with Gasteiger partial charge in [-0.05, 0) is 55.3 Å². The molecule has 2 aromatic rings. The summed E-state index contributed by atoms with van der Waals surface area (Å²) < 4.78 is 30.6. The lowest BCUT2D eigenvalue weighted by molar-refractivity contribution is -0.128. The number of carbonyl (C=O) groups excluding carboxylic acids is 3. The first-order chi connectivity index (χ1) is 18.4. The first-order valence-electron chi connectivity index (χ1n) is 13.0. The van der Waals surface area contributed by atoms with E-state index in [1.165, 1.54) is 29.2 Å². The van der Waals surface area contributed by atoms with Gasteiger partial charge in [0.15, 0.2) is 0 Å². The Hall–Kier alpha value is -3.50. The highest BCUT2D eigenvalue weighted by Crippen LogP contribution is 2.39. The fourth-order valence-electron chi connectivity index (χ4n) is 5.43. The molecule has 5 rings (SSSR count). The van der Waals surface area contributed by atoms with Crippen LogP contribution in [-0.4, -0.2) is 85.3 Å². The highest BCUT2D eigenvalue weighted by Gasteiger charge is 2.54. The molecule has 0 bridgehead atoms. The number of halogens is 1. The molecule has 3 aliphatic rings. The van der Waals surface area contributed by atoms with Gasteiger partial charge in [-0.15, -0.1) is 0 Å². The van der Waals surface area contributed by atoms with Gasteiger partial charge in [-0.25, -0.2) is 4.39 Å². The minimum absolute atomic E-state index is 0.0358. The van der Waals surface area contributed by atoms with E-state index in [2.05, 4.69) is 5.32 Å². The van der Waals surface area contributed by atoms with Gasteiger partial charge in [0.1, 0.15) is 23.3 Å². The summed E-state index contributed by atoms with van der Waals surface area (Å²) in [7, 11) is 1.55. The quantitative estimate of drug-likeness (QED) is 0.623. The van der Waals surface area contributed by atoms with Crippen molar-refractivity contribution in [2.45, 2.75) is 43.6 Å². The maximum Gasteiger partial charge on any atom is 0.256 e. The molecule has 3 saturated heterocycles. The van der Waals surface area contributed by atoms with Gasteiger partial charge < -0.3 is 24.4 Å². The first kappa shape index (κ1) is 26.1. The van der Waals surface area contributed by atoms with Crippen molar-refractivity contribution in [3.63, 3.8) is 0 Å². The molecule has 9 nitrogen and oxygen atoms in total. The predicted octanol–water partition coefficient (Wildman–Crippen LogP) is 2.60. The molecule has 1 N–H and O–H groups in total. The van der Waals surface area contributed by atoms with Crippen LogP contribution in [0.5, 0.6) is 5.75 Å². The zero-order chi connectivity index (χ0) is 26.7. The molecule has 3 heterocycles. The summed E-state index contributed by atoms with van der Waals surface area (Å²) >= 11 is 0. The number of rotatable bonds is 6. The second-order valence-corrected chi connectivity index (χ2v) is 9.86. The van der Waals surface area contributed by atoms with Crippen molar-refractivity contribution in [3.8, 4) is 5.75 Å². The number of carbonyl (C=O) groups is 3. The van der Waals surface area contributed by atoms with E-state index in [9.17, 15) is 18.8 Å². The van der Waals surface area contributed by atoms with Crippen LogP contribution in [0.4, 0.5) is 4.39 Å². The second-order valence-electron chi connectivity index (χ2n) is 9.86. The topological polar surface area (TPSA) is 97.4 Å². The molecular formula is C28H32FN3O6. The molecule has 202 valence electrons. The van der Waals surface area contributed by atoms with Crippen LogP contribution in [0.1, 0.15) is 46.4 Å². The van der Waals surface area contributed by atoms with Crippen LogP contribution >= 0.6 is 0 Å². The lowest BCUT2D eigenvalue weighted by Gasteiger charge is -2.44. The molecule has 38 heavy (non-hydrogen) atoms. The van der Waals surface area contributed by atoms with Crippen molar-refractivity contribution >= 4 is 17.7 Å². The van der Waals surface area contributed by atoms with Crippen LogP contribution in [0.2, 0.25) is 0 Å². The van der Waals surface area contributed by atoms with Crippen LogP contribution in [0.25, 0.3) is 0 Å². The third-order valence-corrected chi connectivity index (χ3v) is 7.55. The lowest BCUT2D eigenvalue weighted by atomic mass is 9.96. The molecule has 0 saturated carbocycles. The molecule has 0 radical (unpaired) electrons. The summed E-state index contributed by atoms with van der Waals surface area (Å²) in [6.07, 6.45) is 2.47. The molecule has 1 spiro atoms. The molecule has 0 aliphatic carbocycles.